The highest BCUT2D eigenvalue weighted by molar-refractivity contribution is 6.34. The van der Waals surface area contributed by atoms with E-state index in [9.17, 15) is 4.79 Å². The summed E-state index contributed by atoms with van der Waals surface area (Å²) >= 11 is 6.01. The van der Waals surface area contributed by atoms with Crippen molar-refractivity contribution in [1.29, 1.82) is 0 Å². The lowest BCUT2D eigenvalue weighted by Crippen LogP contribution is -2.34. The van der Waals surface area contributed by atoms with E-state index < -0.39 is 11.7 Å². The number of halogens is 1. The summed E-state index contributed by atoms with van der Waals surface area (Å²) in [5.74, 6) is 0. The monoisotopic (exact) mass is 256 g/mol. The molecule has 1 aromatic carbocycles. The summed E-state index contributed by atoms with van der Waals surface area (Å²) in [5, 5.41) is 0.415. The molecule has 0 bridgehead atoms. The summed E-state index contributed by atoms with van der Waals surface area (Å²) in [4.78, 5) is 13.2. The van der Waals surface area contributed by atoms with Crippen LogP contribution in [0.15, 0.2) is 18.2 Å². The molecule has 0 saturated carbocycles. The molecule has 0 aliphatic heterocycles. The van der Waals surface area contributed by atoms with Crippen LogP contribution in [0.3, 0.4) is 0 Å². The van der Waals surface area contributed by atoms with Crippen LogP contribution in [-0.4, -0.2) is 18.7 Å². The van der Waals surface area contributed by atoms with Gasteiger partial charge in [-0.05, 0) is 32.9 Å². The summed E-state index contributed by atoms with van der Waals surface area (Å²) < 4.78 is 5.24. The summed E-state index contributed by atoms with van der Waals surface area (Å²) in [5.41, 5.74) is 6.13. The molecule has 0 spiro atoms. The van der Waals surface area contributed by atoms with E-state index in [1.54, 1.807) is 46.0 Å². The number of carbonyl (C=O) groups excluding carboxylic acids is 1. The molecule has 94 valence electrons. The number of para-hydroxylation sites is 1. The first-order valence-electron chi connectivity index (χ1n) is 5.23. The molecule has 4 nitrogen and oxygen atoms in total. The van der Waals surface area contributed by atoms with Crippen molar-refractivity contribution in [1.82, 2.24) is 0 Å². The number of amides is 1. The highest BCUT2D eigenvalue weighted by atomic mass is 35.5. The van der Waals surface area contributed by atoms with Crippen LogP contribution in [0.4, 0.5) is 16.2 Å². The molecule has 1 aromatic rings. The van der Waals surface area contributed by atoms with Crippen LogP contribution in [0.5, 0.6) is 0 Å². The number of nitrogens with zero attached hydrogens (tertiary/aromatic N) is 1. The largest absolute Gasteiger partial charge is 0.443 e. The maximum Gasteiger partial charge on any atom is 0.414 e. The second-order valence-corrected chi connectivity index (χ2v) is 5.12. The van der Waals surface area contributed by atoms with E-state index in [1.165, 1.54) is 4.90 Å². The van der Waals surface area contributed by atoms with Crippen LogP contribution < -0.4 is 10.6 Å². The molecule has 0 saturated heterocycles. The van der Waals surface area contributed by atoms with Crippen molar-refractivity contribution in [2.75, 3.05) is 17.7 Å². The van der Waals surface area contributed by atoms with Crippen molar-refractivity contribution in [3.8, 4) is 0 Å². The third-order valence-electron chi connectivity index (χ3n) is 2.02. The number of nitrogens with two attached hydrogens (primary N) is 1. The van der Waals surface area contributed by atoms with Crippen molar-refractivity contribution in [3.05, 3.63) is 23.2 Å². The maximum absolute atomic E-state index is 11.9. The van der Waals surface area contributed by atoms with Gasteiger partial charge in [-0.25, -0.2) is 4.79 Å². The Hall–Kier alpha value is -1.42. The van der Waals surface area contributed by atoms with Crippen molar-refractivity contribution >= 4 is 29.1 Å². The average molecular weight is 257 g/mol. The number of nitrogen functional groups attached to an aromatic ring is 1. The SMILES string of the molecule is CN(C(=O)OC(C)(C)C)c1c(N)cccc1Cl. The van der Waals surface area contributed by atoms with Crippen molar-refractivity contribution in [2.24, 2.45) is 0 Å². The lowest BCUT2D eigenvalue weighted by molar-refractivity contribution is 0.0589. The summed E-state index contributed by atoms with van der Waals surface area (Å²) in [6, 6.07) is 5.08. The predicted octanol–water partition coefficient (Wildman–Crippen LogP) is 3.29. The molecule has 1 amide bonds. The van der Waals surface area contributed by atoms with Gasteiger partial charge in [0.2, 0.25) is 0 Å². The van der Waals surface area contributed by atoms with Gasteiger partial charge < -0.3 is 10.5 Å². The van der Waals surface area contributed by atoms with Crippen LogP contribution in [0.25, 0.3) is 0 Å². The van der Waals surface area contributed by atoms with Crippen LogP contribution in [0.1, 0.15) is 20.8 Å². The summed E-state index contributed by atoms with van der Waals surface area (Å²) in [6.45, 7) is 5.40. The molecule has 0 fully saturated rings. The molecule has 5 heteroatoms. The van der Waals surface area contributed by atoms with Crippen LogP contribution in [0, 0.1) is 0 Å². The fourth-order valence-corrected chi connectivity index (χ4v) is 1.62. The molecule has 0 aromatic heterocycles. The molecular formula is C12H17ClN2O2. The van der Waals surface area contributed by atoms with Crippen molar-refractivity contribution in [3.63, 3.8) is 0 Å². The number of benzene rings is 1. The van der Waals surface area contributed by atoms with Gasteiger partial charge in [0.25, 0.3) is 0 Å². The number of rotatable bonds is 1. The number of hydrogen-bond acceptors (Lipinski definition) is 3. The molecule has 17 heavy (non-hydrogen) atoms. The number of hydrogen-bond donors (Lipinski definition) is 1. The summed E-state index contributed by atoms with van der Waals surface area (Å²) in [6.07, 6.45) is -0.489. The van der Waals surface area contributed by atoms with E-state index in [-0.39, 0.29) is 0 Å². The fraction of sp³-hybridized carbons (Fsp3) is 0.417. The zero-order valence-electron chi connectivity index (χ0n) is 10.5. The summed E-state index contributed by atoms with van der Waals surface area (Å²) in [7, 11) is 1.58. The number of carbonyl (C=O) groups is 1. The zero-order chi connectivity index (χ0) is 13.2. The second-order valence-electron chi connectivity index (χ2n) is 4.72. The van der Waals surface area contributed by atoms with Gasteiger partial charge in [-0.15, -0.1) is 0 Å². The Balaban J connectivity index is 2.97. The Morgan fingerprint density at radius 2 is 2.00 bits per heavy atom. The first-order valence-corrected chi connectivity index (χ1v) is 5.61. The van der Waals surface area contributed by atoms with Gasteiger partial charge in [0.15, 0.2) is 0 Å². The Morgan fingerprint density at radius 3 is 2.47 bits per heavy atom. The Morgan fingerprint density at radius 1 is 1.41 bits per heavy atom. The standard InChI is InChI=1S/C12H17ClN2O2/c1-12(2,3)17-11(16)15(4)10-8(13)6-5-7-9(10)14/h5-7H,14H2,1-4H3. The van der Waals surface area contributed by atoms with Crippen LogP contribution in [-0.2, 0) is 4.74 Å². The smallest absolute Gasteiger partial charge is 0.414 e. The lowest BCUT2D eigenvalue weighted by Gasteiger charge is -2.25. The van der Waals surface area contributed by atoms with E-state index in [1.807, 2.05) is 0 Å². The normalized spacial score (nSPS) is 11.1. The first-order chi connectivity index (χ1) is 7.72. The Labute approximate surface area is 106 Å². The topological polar surface area (TPSA) is 55.6 Å². The quantitative estimate of drug-likeness (QED) is 0.785. The van der Waals surface area contributed by atoms with Gasteiger partial charge in [0.1, 0.15) is 5.60 Å². The minimum absolute atomic E-state index is 0.415. The molecule has 0 unspecified atom stereocenters. The van der Waals surface area contributed by atoms with E-state index in [2.05, 4.69) is 0 Å². The van der Waals surface area contributed by atoms with Crippen LogP contribution >= 0.6 is 11.6 Å². The average Bonchev–Trinajstić information content (AvgIpc) is 2.14. The molecule has 0 aliphatic rings. The zero-order valence-corrected chi connectivity index (χ0v) is 11.2. The third kappa shape index (κ3) is 3.53. The van der Waals surface area contributed by atoms with Gasteiger partial charge in [0, 0.05) is 7.05 Å². The van der Waals surface area contributed by atoms with E-state index in [0.29, 0.717) is 16.4 Å². The molecular weight excluding hydrogens is 240 g/mol. The van der Waals surface area contributed by atoms with Crippen molar-refractivity contribution in [2.45, 2.75) is 26.4 Å². The van der Waals surface area contributed by atoms with Gasteiger partial charge in [-0.1, -0.05) is 17.7 Å². The molecule has 0 radical (unpaired) electrons. The van der Waals surface area contributed by atoms with E-state index in [4.69, 9.17) is 22.1 Å². The minimum atomic E-state index is -0.554. The van der Waals surface area contributed by atoms with Crippen LogP contribution in [0.2, 0.25) is 5.02 Å². The van der Waals surface area contributed by atoms with Gasteiger partial charge in [-0.3, -0.25) is 4.90 Å². The maximum atomic E-state index is 11.9. The highest BCUT2D eigenvalue weighted by Crippen LogP contribution is 2.31. The Bertz CT molecular complexity index is 407. The van der Waals surface area contributed by atoms with Crippen molar-refractivity contribution < 1.29 is 9.53 Å². The second kappa shape index (κ2) is 4.84. The minimum Gasteiger partial charge on any atom is -0.443 e. The Kier molecular flexibility index (Phi) is 3.88. The lowest BCUT2D eigenvalue weighted by atomic mass is 10.2. The fourth-order valence-electron chi connectivity index (χ4n) is 1.31. The molecule has 2 N–H and O–H groups in total. The predicted molar refractivity (Wildman–Crippen MR) is 70.5 cm³/mol. The number of anilines is 2. The molecule has 1 rings (SSSR count). The van der Waals surface area contributed by atoms with Gasteiger partial charge in [-0.2, -0.15) is 0 Å². The third-order valence-corrected chi connectivity index (χ3v) is 2.33. The molecule has 0 heterocycles. The molecule has 0 atom stereocenters. The number of ether oxygens (including phenoxy) is 1. The molecule has 0 aliphatic carbocycles. The first kappa shape index (κ1) is 13.6. The van der Waals surface area contributed by atoms with Gasteiger partial charge >= 0.3 is 6.09 Å². The van der Waals surface area contributed by atoms with E-state index >= 15 is 0 Å². The van der Waals surface area contributed by atoms with Gasteiger partial charge in [0.05, 0.1) is 16.4 Å². The highest BCUT2D eigenvalue weighted by Gasteiger charge is 2.23. The van der Waals surface area contributed by atoms with E-state index in [0.717, 1.165) is 0 Å².